The summed E-state index contributed by atoms with van der Waals surface area (Å²) in [4.78, 5) is 11.6. The predicted molar refractivity (Wildman–Crippen MR) is 82.2 cm³/mol. The molecule has 6 nitrogen and oxygen atoms in total. The first-order valence-corrected chi connectivity index (χ1v) is 7.14. The molecule has 0 aliphatic carbocycles. The van der Waals surface area contributed by atoms with E-state index < -0.39 is 0 Å². The number of halogens is 1. The molecule has 0 atom stereocenters. The molecule has 0 bridgehead atoms. The van der Waals surface area contributed by atoms with Gasteiger partial charge in [-0.05, 0) is 26.1 Å². The molecule has 3 N–H and O–H groups in total. The number of hydrogen-bond donors (Lipinski definition) is 3. The Morgan fingerprint density at radius 3 is 2.95 bits per heavy atom. The van der Waals surface area contributed by atoms with E-state index >= 15 is 0 Å². The maximum absolute atomic E-state index is 14.6. The third-order valence-electron chi connectivity index (χ3n) is 3.41. The van der Waals surface area contributed by atoms with Crippen molar-refractivity contribution in [2.24, 2.45) is 0 Å². The van der Waals surface area contributed by atoms with Gasteiger partial charge in [0.2, 0.25) is 0 Å². The van der Waals surface area contributed by atoms with Gasteiger partial charge in [0, 0.05) is 13.0 Å². The van der Waals surface area contributed by atoms with Crippen molar-refractivity contribution in [1.29, 1.82) is 0 Å². The highest BCUT2D eigenvalue weighted by Crippen LogP contribution is 2.26. The number of rotatable bonds is 6. The van der Waals surface area contributed by atoms with Crippen molar-refractivity contribution in [3.63, 3.8) is 0 Å². The van der Waals surface area contributed by atoms with E-state index in [0.717, 1.165) is 5.76 Å². The third-order valence-corrected chi connectivity index (χ3v) is 3.41. The van der Waals surface area contributed by atoms with Gasteiger partial charge in [-0.2, -0.15) is 0 Å². The lowest BCUT2D eigenvalue weighted by atomic mass is 10.2. The molecule has 7 heteroatoms. The van der Waals surface area contributed by atoms with Gasteiger partial charge in [-0.1, -0.05) is 0 Å². The largest absolute Gasteiger partial charge is 0.467 e. The van der Waals surface area contributed by atoms with Crippen LogP contribution < -0.4 is 10.6 Å². The fourth-order valence-corrected chi connectivity index (χ4v) is 2.35. The first kappa shape index (κ1) is 14.5. The second-order valence-electron chi connectivity index (χ2n) is 5.05. The summed E-state index contributed by atoms with van der Waals surface area (Å²) in [6.45, 7) is 2.91. The summed E-state index contributed by atoms with van der Waals surface area (Å²) >= 11 is 0. The monoisotopic (exact) mass is 303 g/mol. The zero-order valence-corrected chi connectivity index (χ0v) is 12.5. The highest BCUT2D eigenvalue weighted by Gasteiger charge is 2.17. The van der Waals surface area contributed by atoms with Gasteiger partial charge < -0.3 is 20.0 Å². The summed E-state index contributed by atoms with van der Waals surface area (Å²) in [5, 5.41) is 6.52. The van der Waals surface area contributed by atoms with Crippen LogP contribution in [0.4, 0.5) is 10.2 Å². The number of furan rings is 1. The van der Waals surface area contributed by atoms with Crippen molar-refractivity contribution in [3.8, 4) is 0 Å². The number of likely N-dealkylation sites (N-methyl/N-ethyl adjacent to an activating group) is 1. The Kier molecular flexibility index (Phi) is 4.06. The number of aromatic amines is 1. The fraction of sp³-hybridized carbons (Fsp3) is 0.333. The summed E-state index contributed by atoms with van der Waals surface area (Å²) in [6, 6.07) is 3.66. The van der Waals surface area contributed by atoms with E-state index in [4.69, 9.17) is 4.42 Å². The van der Waals surface area contributed by atoms with Crippen LogP contribution in [-0.2, 0) is 13.0 Å². The van der Waals surface area contributed by atoms with Gasteiger partial charge in [0.1, 0.15) is 23.0 Å². The smallest absolute Gasteiger partial charge is 0.157 e. The molecular formula is C15H18FN5O. The van der Waals surface area contributed by atoms with Gasteiger partial charge in [0.25, 0.3) is 0 Å². The minimum atomic E-state index is -0.299. The summed E-state index contributed by atoms with van der Waals surface area (Å²) in [5.74, 6) is 1.52. The van der Waals surface area contributed by atoms with Gasteiger partial charge in [0.15, 0.2) is 5.82 Å². The second kappa shape index (κ2) is 6.15. The lowest BCUT2D eigenvalue weighted by molar-refractivity contribution is 0.518. The lowest BCUT2D eigenvalue weighted by Crippen LogP contribution is -2.11. The molecular weight excluding hydrogens is 285 g/mol. The summed E-state index contributed by atoms with van der Waals surface area (Å²) in [7, 11) is 1.83. The van der Waals surface area contributed by atoms with E-state index in [2.05, 4.69) is 25.6 Å². The molecule has 3 aromatic rings. The maximum atomic E-state index is 14.6. The zero-order valence-electron chi connectivity index (χ0n) is 12.5. The van der Waals surface area contributed by atoms with E-state index in [-0.39, 0.29) is 5.82 Å². The molecule has 0 unspecified atom stereocenters. The van der Waals surface area contributed by atoms with Gasteiger partial charge in [-0.25, -0.2) is 14.4 Å². The van der Waals surface area contributed by atoms with Crippen molar-refractivity contribution in [2.75, 3.05) is 18.9 Å². The van der Waals surface area contributed by atoms with E-state index in [9.17, 15) is 4.39 Å². The SMILES string of the molecule is CNCCc1[nH]c2nc(C)nc(NCc3ccco3)c2c1F. The molecule has 3 heterocycles. The van der Waals surface area contributed by atoms with Gasteiger partial charge in [-0.3, -0.25) is 0 Å². The number of nitrogens with one attached hydrogen (secondary N) is 3. The Balaban J connectivity index is 1.95. The zero-order chi connectivity index (χ0) is 15.5. The summed E-state index contributed by atoms with van der Waals surface area (Å²) < 4.78 is 19.9. The Hall–Kier alpha value is -2.41. The van der Waals surface area contributed by atoms with Crippen LogP contribution in [0.25, 0.3) is 11.0 Å². The Morgan fingerprint density at radius 2 is 2.23 bits per heavy atom. The number of anilines is 1. The molecule has 3 aromatic heterocycles. The van der Waals surface area contributed by atoms with Crippen LogP contribution in [-0.4, -0.2) is 28.5 Å². The standard InChI is InChI=1S/C15H18FN5O/c1-9-19-14(18-8-10-4-3-7-22-10)12-13(16)11(5-6-17-2)21-15(12)20-9/h3-4,7,17H,5-6,8H2,1-2H3,(H2,18,19,20,21). The Bertz CT molecular complexity index is 766. The van der Waals surface area contributed by atoms with Crippen molar-refractivity contribution >= 4 is 16.9 Å². The minimum Gasteiger partial charge on any atom is -0.467 e. The Morgan fingerprint density at radius 1 is 1.36 bits per heavy atom. The van der Waals surface area contributed by atoms with Crippen molar-refractivity contribution in [2.45, 2.75) is 19.9 Å². The molecule has 116 valence electrons. The highest BCUT2D eigenvalue weighted by atomic mass is 19.1. The van der Waals surface area contributed by atoms with Crippen molar-refractivity contribution in [1.82, 2.24) is 20.3 Å². The third kappa shape index (κ3) is 2.80. The average Bonchev–Trinajstić information content (AvgIpc) is 3.11. The summed E-state index contributed by atoms with van der Waals surface area (Å²) in [6.07, 6.45) is 2.17. The number of nitrogens with zero attached hydrogens (tertiary/aromatic N) is 2. The molecule has 0 radical (unpaired) electrons. The minimum absolute atomic E-state index is 0.299. The van der Waals surface area contributed by atoms with Crippen LogP contribution >= 0.6 is 0 Å². The average molecular weight is 303 g/mol. The molecule has 0 amide bonds. The van der Waals surface area contributed by atoms with Crippen molar-refractivity contribution < 1.29 is 8.81 Å². The van der Waals surface area contributed by atoms with Crippen molar-refractivity contribution in [3.05, 3.63) is 41.5 Å². The quantitative estimate of drug-likeness (QED) is 0.651. The van der Waals surface area contributed by atoms with Crippen LogP contribution in [0.2, 0.25) is 0 Å². The number of H-pyrrole nitrogens is 1. The molecule has 0 fully saturated rings. The van der Waals surface area contributed by atoms with Crippen LogP contribution in [0.15, 0.2) is 22.8 Å². The first-order chi connectivity index (χ1) is 10.7. The highest BCUT2D eigenvalue weighted by molar-refractivity contribution is 5.88. The van der Waals surface area contributed by atoms with Gasteiger partial charge in [0.05, 0.1) is 23.9 Å². The maximum Gasteiger partial charge on any atom is 0.157 e. The van der Waals surface area contributed by atoms with Crippen LogP contribution in [0.5, 0.6) is 0 Å². The second-order valence-corrected chi connectivity index (χ2v) is 5.05. The summed E-state index contributed by atoms with van der Waals surface area (Å²) in [5.41, 5.74) is 1.04. The molecule has 0 saturated heterocycles. The molecule has 3 rings (SSSR count). The van der Waals surface area contributed by atoms with Crippen LogP contribution in [0.3, 0.4) is 0 Å². The predicted octanol–water partition coefficient (Wildman–Crippen LogP) is 2.37. The van der Waals surface area contributed by atoms with Crippen LogP contribution in [0.1, 0.15) is 17.3 Å². The van der Waals surface area contributed by atoms with Gasteiger partial charge >= 0.3 is 0 Å². The molecule has 0 spiro atoms. The Labute approximate surface area is 127 Å². The number of aryl methyl sites for hydroxylation is 1. The van der Waals surface area contributed by atoms with E-state index in [1.165, 1.54) is 0 Å². The van der Waals surface area contributed by atoms with E-state index in [1.54, 1.807) is 13.2 Å². The number of aromatic nitrogens is 3. The van der Waals surface area contributed by atoms with Crippen LogP contribution in [0, 0.1) is 12.7 Å². The lowest BCUT2D eigenvalue weighted by Gasteiger charge is -2.06. The molecule has 0 aromatic carbocycles. The molecule has 0 aliphatic rings. The first-order valence-electron chi connectivity index (χ1n) is 7.14. The van der Waals surface area contributed by atoms with Gasteiger partial charge in [-0.15, -0.1) is 0 Å². The molecule has 0 aliphatic heterocycles. The normalized spacial score (nSPS) is 11.2. The molecule has 0 saturated carbocycles. The number of fused-ring (bicyclic) bond motifs is 1. The molecule has 22 heavy (non-hydrogen) atoms. The topological polar surface area (TPSA) is 78.8 Å². The van der Waals surface area contributed by atoms with E-state index in [1.807, 2.05) is 19.2 Å². The number of hydrogen-bond acceptors (Lipinski definition) is 5. The van der Waals surface area contributed by atoms with E-state index in [0.29, 0.717) is 47.9 Å². The fourth-order valence-electron chi connectivity index (χ4n) is 2.35.